The van der Waals surface area contributed by atoms with Gasteiger partial charge in [-0.2, -0.15) is 0 Å². The van der Waals surface area contributed by atoms with E-state index in [2.05, 4.69) is 26.1 Å². The van der Waals surface area contributed by atoms with E-state index in [1.807, 2.05) is 0 Å². The molecule has 0 spiro atoms. The van der Waals surface area contributed by atoms with Crippen LogP contribution in [-0.2, 0) is 4.74 Å². The van der Waals surface area contributed by atoms with Crippen molar-refractivity contribution in [2.45, 2.75) is 52.2 Å². The first-order valence-electron chi connectivity index (χ1n) is 6.03. The van der Waals surface area contributed by atoms with Crippen molar-refractivity contribution >= 4 is 0 Å². The molecule has 1 N–H and O–H groups in total. The topological polar surface area (TPSA) is 21.3 Å². The minimum Gasteiger partial charge on any atom is -0.377 e. The number of nitrogens with one attached hydrogen (secondary N) is 1. The van der Waals surface area contributed by atoms with Crippen LogP contribution in [0.5, 0.6) is 0 Å². The number of unbranched alkanes of at least 4 members (excludes halogenated alkanes) is 1. The molecule has 1 aliphatic carbocycles. The van der Waals surface area contributed by atoms with Crippen LogP contribution in [0, 0.1) is 11.3 Å². The van der Waals surface area contributed by atoms with Crippen molar-refractivity contribution in [3.05, 3.63) is 0 Å². The lowest BCUT2D eigenvalue weighted by Crippen LogP contribution is -2.65. The molecule has 0 aromatic carbocycles. The maximum absolute atomic E-state index is 5.76. The van der Waals surface area contributed by atoms with Gasteiger partial charge in [-0.05, 0) is 19.4 Å². The molecule has 1 heterocycles. The fourth-order valence-electron chi connectivity index (χ4n) is 3.17. The van der Waals surface area contributed by atoms with Crippen LogP contribution >= 0.6 is 0 Å². The quantitative estimate of drug-likeness (QED) is 0.698. The van der Waals surface area contributed by atoms with E-state index in [1.165, 1.54) is 25.8 Å². The van der Waals surface area contributed by atoms with Gasteiger partial charge in [-0.15, -0.1) is 0 Å². The van der Waals surface area contributed by atoms with Crippen LogP contribution in [0.15, 0.2) is 0 Å². The maximum Gasteiger partial charge on any atom is 0.0685 e. The Kier molecular flexibility index (Phi) is 2.85. The third-order valence-electron chi connectivity index (χ3n) is 4.00. The van der Waals surface area contributed by atoms with Crippen molar-refractivity contribution in [2.75, 3.05) is 13.2 Å². The van der Waals surface area contributed by atoms with E-state index in [-0.39, 0.29) is 0 Å². The zero-order valence-electron chi connectivity index (χ0n) is 9.68. The van der Waals surface area contributed by atoms with Crippen molar-refractivity contribution in [3.63, 3.8) is 0 Å². The van der Waals surface area contributed by atoms with Crippen molar-refractivity contribution in [1.29, 1.82) is 0 Å². The summed E-state index contributed by atoms with van der Waals surface area (Å²) in [6, 6.07) is 0.696. The number of hydrogen-bond acceptors (Lipinski definition) is 2. The largest absolute Gasteiger partial charge is 0.377 e. The van der Waals surface area contributed by atoms with Gasteiger partial charge in [0.2, 0.25) is 0 Å². The molecule has 3 atom stereocenters. The van der Waals surface area contributed by atoms with Gasteiger partial charge >= 0.3 is 0 Å². The Labute approximate surface area is 87.4 Å². The predicted octanol–water partition coefficient (Wildman–Crippen LogP) is 2.19. The Hall–Kier alpha value is -0.0800. The van der Waals surface area contributed by atoms with Crippen molar-refractivity contribution in [3.8, 4) is 0 Å². The first kappa shape index (κ1) is 10.4. The number of ether oxygens (including phenoxy) is 1. The third kappa shape index (κ3) is 1.49. The zero-order chi connectivity index (χ0) is 10.2. The van der Waals surface area contributed by atoms with Gasteiger partial charge in [-0.25, -0.2) is 0 Å². The molecule has 2 nitrogen and oxygen atoms in total. The van der Waals surface area contributed by atoms with Gasteiger partial charge in [0.15, 0.2) is 0 Å². The van der Waals surface area contributed by atoms with Crippen LogP contribution in [-0.4, -0.2) is 25.3 Å². The van der Waals surface area contributed by atoms with E-state index in [4.69, 9.17) is 4.74 Å². The molecule has 1 saturated carbocycles. The van der Waals surface area contributed by atoms with Gasteiger partial charge in [-0.3, -0.25) is 0 Å². The van der Waals surface area contributed by atoms with Crippen LogP contribution < -0.4 is 5.32 Å². The first-order valence-corrected chi connectivity index (χ1v) is 6.03. The van der Waals surface area contributed by atoms with Gasteiger partial charge < -0.3 is 10.1 Å². The summed E-state index contributed by atoms with van der Waals surface area (Å²) in [6.45, 7) is 9.07. The summed E-state index contributed by atoms with van der Waals surface area (Å²) < 4.78 is 5.76. The molecule has 1 saturated heterocycles. The Bertz CT molecular complexity index is 202. The lowest BCUT2D eigenvalue weighted by atomic mass is 9.57. The summed E-state index contributed by atoms with van der Waals surface area (Å²) in [5.74, 6) is 0.793. The fraction of sp³-hybridized carbons (Fsp3) is 1.00. The van der Waals surface area contributed by atoms with Gasteiger partial charge in [0.05, 0.1) is 6.10 Å². The zero-order valence-corrected chi connectivity index (χ0v) is 9.68. The second-order valence-corrected chi connectivity index (χ2v) is 5.35. The smallest absolute Gasteiger partial charge is 0.0685 e. The molecule has 2 rings (SSSR count). The summed E-state index contributed by atoms with van der Waals surface area (Å²) in [6.07, 6.45) is 4.37. The van der Waals surface area contributed by atoms with Gasteiger partial charge in [0.1, 0.15) is 0 Å². The second-order valence-electron chi connectivity index (χ2n) is 5.35. The number of rotatable bonds is 4. The van der Waals surface area contributed by atoms with E-state index in [9.17, 15) is 0 Å². The second kappa shape index (κ2) is 3.82. The third-order valence-corrected chi connectivity index (χ3v) is 4.00. The normalized spacial score (nSPS) is 39.2. The van der Waals surface area contributed by atoms with Gasteiger partial charge in [-0.1, -0.05) is 27.2 Å². The molecule has 0 aromatic heterocycles. The van der Waals surface area contributed by atoms with Crippen LogP contribution in [0.25, 0.3) is 0 Å². The minimum atomic E-state index is 0.356. The summed E-state index contributed by atoms with van der Waals surface area (Å²) in [5, 5.41) is 3.70. The molecule has 1 aliphatic heterocycles. The van der Waals surface area contributed by atoms with Crippen LogP contribution in [0.2, 0.25) is 0 Å². The van der Waals surface area contributed by atoms with E-state index < -0.39 is 0 Å². The Balaban J connectivity index is 1.86. The van der Waals surface area contributed by atoms with Crippen molar-refractivity contribution < 1.29 is 4.74 Å². The Morgan fingerprint density at radius 1 is 1.43 bits per heavy atom. The molecular formula is C12H23NO. The van der Waals surface area contributed by atoms with E-state index in [1.54, 1.807) is 0 Å². The summed E-state index contributed by atoms with van der Waals surface area (Å²) in [5.41, 5.74) is 0.356. The average Bonchev–Trinajstić information content (AvgIpc) is 2.58. The predicted molar refractivity (Wildman–Crippen MR) is 58.3 cm³/mol. The molecular weight excluding hydrogens is 174 g/mol. The maximum atomic E-state index is 5.76. The summed E-state index contributed by atoms with van der Waals surface area (Å²) in [4.78, 5) is 0. The van der Waals surface area contributed by atoms with Crippen LogP contribution in [0.4, 0.5) is 0 Å². The van der Waals surface area contributed by atoms with Gasteiger partial charge in [0.25, 0.3) is 0 Å². The molecule has 0 radical (unpaired) electrons. The molecule has 0 amide bonds. The first-order chi connectivity index (χ1) is 6.68. The monoisotopic (exact) mass is 197 g/mol. The van der Waals surface area contributed by atoms with E-state index in [0.717, 1.165) is 12.5 Å². The molecule has 2 aliphatic rings. The van der Waals surface area contributed by atoms with Gasteiger partial charge in [0, 0.05) is 24.0 Å². The molecule has 82 valence electrons. The highest BCUT2D eigenvalue weighted by molar-refractivity contribution is 5.11. The highest BCUT2D eigenvalue weighted by Crippen LogP contribution is 2.51. The molecule has 0 aromatic rings. The fourth-order valence-corrected chi connectivity index (χ4v) is 3.17. The number of fused-ring (bicyclic) bond motifs is 1. The average molecular weight is 197 g/mol. The van der Waals surface area contributed by atoms with Crippen LogP contribution in [0.3, 0.4) is 0 Å². The highest BCUT2D eigenvalue weighted by Gasteiger charge is 2.58. The van der Waals surface area contributed by atoms with Crippen LogP contribution in [0.1, 0.15) is 40.0 Å². The highest BCUT2D eigenvalue weighted by atomic mass is 16.5. The Morgan fingerprint density at radius 3 is 2.93 bits per heavy atom. The lowest BCUT2D eigenvalue weighted by molar-refractivity contribution is -0.112. The lowest BCUT2D eigenvalue weighted by Gasteiger charge is -2.55. The SMILES string of the molecule is CCCCNC1C2CCOC2C1(C)C. The molecule has 14 heavy (non-hydrogen) atoms. The minimum absolute atomic E-state index is 0.356. The summed E-state index contributed by atoms with van der Waals surface area (Å²) in [7, 11) is 0. The van der Waals surface area contributed by atoms with E-state index in [0.29, 0.717) is 17.6 Å². The summed E-state index contributed by atoms with van der Waals surface area (Å²) >= 11 is 0. The van der Waals surface area contributed by atoms with Crippen molar-refractivity contribution in [1.82, 2.24) is 5.32 Å². The molecule has 2 fully saturated rings. The molecule has 2 heteroatoms. The van der Waals surface area contributed by atoms with Crippen molar-refractivity contribution in [2.24, 2.45) is 11.3 Å². The van der Waals surface area contributed by atoms with E-state index >= 15 is 0 Å². The molecule has 3 unspecified atom stereocenters. The Morgan fingerprint density at radius 2 is 2.21 bits per heavy atom. The standard InChI is InChI=1S/C12H23NO/c1-4-5-7-13-10-9-6-8-14-11(9)12(10,2)3/h9-11,13H,4-8H2,1-3H3. The molecule has 0 bridgehead atoms. The number of hydrogen-bond donors (Lipinski definition) is 1.